The number of rotatable bonds is 5. The molecule has 0 saturated carbocycles. The minimum atomic E-state index is -0.252. The predicted octanol–water partition coefficient (Wildman–Crippen LogP) is 4.67. The van der Waals surface area contributed by atoms with Crippen LogP contribution in [0.25, 0.3) is 5.57 Å². The third-order valence-electron chi connectivity index (χ3n) is 3.30. The van der Waals surface area contributed by atoms with Crippen molar-refractivity contribution in [3.8, 4) is 0 Å². The number of Topliss-reactive ketones (excluding diaryl/α,β-unsaturated/α-hetero) is 1. The van der Waals surface area contributed by atoms with Crippen LogP contribution in [0.15, 0.2) is 65.3 Å². The van der Waals surface area contributed by atoms with Gasteiger partial charge < -0.3 is 5.32 Å². The van der Waals surface area contributed by atoms with Crippen LogP contribution >= 0.6 is 15.9 Å². The van der Waals surface area contributed by atoms with Gasteiger partial charge in [0.1, 0.15) is 0 Å². The first kappa shape index (κ1) is 15.5. The molecule has 2 aromatic carbocycles. The summed E-state index contributed by atoms with van der Waals surface area (Å²) in [6.45, 7) is 3.90. The molecule has 1 N–H and O–H groups in total. The number of halogens is 1. The van der Waals surface area contributed by atoms with E-state index in [0.29, 0.717) is 0 Å². The Balaban J connectivity index is 2.02. The van der Waals surface area contributed by atoms with Crippen molar-refractivity contribution in [1.82, 2.24) is 5.32 Å². The summed E-state index contributed by atoms with van der Waals surface area (Å²) in [6, 6.07) is 17.2. The van der Waals surface area contributed by atoms with E-state index in [1.54, 1.807) is 0 Å². The van der Waals surface area contributed by atoms with Gasteiger partial charge in [0.2, 0.25) is 0 Å². The second-order valence-electron chi connectivity index (χ2n) is 4.95. The van der Waals surface area contributed by atoms with Crippen LogP contribution in [-0.4, -0.2) is 11.8 Å². The monoisotopic (exact) mass is 343 g/mol. The molecule has 3 heteroatoms. The number of ketones is 1. The van der Waals surface area contributed by atoms with Gasteiger partial charge in [0.05, 0.1) is 6.04 Å². The molecule has 0 bridgehead atoms. The lowest BCUT2D eigenvalue weighted by Gasteiger charge is -2.12. The molecule has 0 amide bonds. The number of hydrogen-bond donors (Lipinski definition) is 1. The van der Waals surface area contributed by atoms with Gasteiger partial charge in [-0.3, -0.25) is 4.79 Å². The van der Waals surface area contributed by atoms with Gasteiger partial charge in [-0.25, -0.2) is 0 Å². The number of benzene rings is 2. The van der Waals surface area contributed by atoms with Crippen LogP contribution in [0.4, 0.5) is 0 Å². The zero-order valence-corrected chi connectivity index (χ0v) is 13.7. The molecule has 2 rings (SSSR count). The molecule has 21 heavy (non-hydrogen) atoms. The van der Waals surface area contributed by atoms with Crippen molar-refractivity contribution >= 4 is 27.3 Å². The van der Waals surface area contributed by atoms with Crippen LogP contribution in [0.1, 0.15) is 29.8 Å². The molecule has 0 spiro atoms. The SMILES string of the molecule is C/C(=C\NC(C)C(=O)c1ccccc1)c1ccc(Br)cc1. The molecule has 2 aromatic rings. The van der Waals surface area contributed by atoms with Crippen molar-refractivity contribution in [1.29, 1.82) is 0 Å². The molecular formula is C18H18BrNO. The number of nitrogens with one attached hydrogen (secondary N) is 1. The summed E-state index contributed by atoms with van der Waals surface area (Å²) in [5.41, 5.74) is 2.95. The molecule has 0 aliphatic rings. The summed E-state index contributed by atoms with van der Waals surface area (Å²) in [5.74, 6) is 0.0930. The lowest BCUT2D eigenvalue weighted by atomic mass is 10.1. The molecule has 0 radical (unpaired) electrons. The molecule has 1 unspecified atom stereocenters. The molecule has 0 heterocycles. The number of hydrogen-bond acceptors (Lipinski definition) is 2. The minimum Gasteiger partial charge on any atom is -0.381 e. The standard InChI is InChI=1S/C18H18BrNO/c1-13(15-8-10-17(19)11-9-15)12-20-14(2)18(21)16-6-4-3-5-7-16/h3-12,14,20H,1-2H3/b13-12+. The zero-order valence-electron chi connectivity index (χ0n) is 12.1. The Morgan fingerprint density at radius 1 is 1.05 bits per heavy atom. The largest absolute Gasteiger partial charge is 0.381 e. The van der Waals surface area contributed by atoms with Crippen LogP contribution in [0, 0.1) is 0 Å². The van der Waals surface area contributed by atoms with Crippen molar-refractivity contribution in [3.05, 3.63) is 76.4 Å². The van der Waals surface area contributed by atoms with Gasteiger partial charge in [-0.15, -0.1) is 0 Å². The molecule has 2 nitrogen and oxygen atoms in total. The number of carbonyl (C=O) groups is 1. The lowest BCUT2D eigenvalue weighted by Crippen LogP contribution is -2.30. The molecule has 1 atom stereocenters. The summed E-state index contributed by atoms with van der Waals surface area (Å²) in [5, 5.41) is 3.17. The summed E-state index contributed by atoms with van der Waals surface area (Å²) < 4.78 is 1.06. The van der Waals surface area contributed by atoms with E-state index >= 15 is 0 Å². The van der Waals surface area contributed by atoms with E-state index in [9.17, 15) is 4.79 Å². The average Bonchev–Trinajstić information content (AvgIpc) is 2.53. The van der Waals surface area contributed by atoms with Crippen LogP contribution in [0.3, 0.4) is 0 Å². The van der Waals surface area contributed by atoms with Gasteiger partial charge in [0.25, 0.3) is 0 Å². The average molecular weight is 344 g/mol. The molecule has 0 aliphatic heterocycles. The first-order chi connectivity index (χ1) is 10.1. The first-order valence-corrected chi connectivity index (χ1v) is 7.65. The Morgan fingerprint density at radius 3 is 2.29 bits per heavy atom. The third-order valence-corrected chi connectivity index (χ3v) is 3.83. The third kappa shape index (κ3) is 4.30. The van der Waals surface area contributed by atoms with E-state index in [1.807, 2.05) is 74.6 Å². The second kappa shape index (κ2) is 7.23. The number of allylic oxidation sites excluding steroid dienone is 1. The Morgan fingerprint density at radius 2 is 1.67 bits per heavy atom. The maximum Gasteiger partial charge on any atom is 0.184 e. The Kier molecular flexibility index (Phi) is 5.34. The highest BCUT2D eigenvalue weighted by molar-refractivity contribution is 9.10. The van der Waals surface area contributed by atoms with Crippen LogP contribution in [-0.2, 0) is 0 Å². The molecule has 0 aliphatic carbocycles. The van der Waals surface area contributed by atoms with E-state index in [0.717, 1.165) is 21.2 Å². The quantitative estimate of drug-likeness (QED) is 0.799. The highest BCUT2D eigenvalue weighted by atomic mass is 79.9. The summed E-state index contributed by atoms with van der Waals surface area (Å²) in [7, 11) is 0. The fourth-order valence-corrected chi connectivity index (χ4v) is 2.24. The highest BCUT2D eigenvalue weighted by Crippen LogP contribution is 2.17. The van der Waals surface area contributed by atoms with Crippen molar-refractivity contribution in [3.63, 3.8) is 0 Å². The highest BCUT2D eigenvalue weighted by Gasteiger charge is 2.12. The number of carbonyl (C=O) groups excluding carboxylic acids is 1. The minimum absolute atomic E-state index is 0.0930. The molecule has 0 fully saturated rings. The molecular weight excluding hydrogens is 326 g/mol. The fraction of sp³-hybridized carbons (Fsp3) is 0.167. The zero-order chi connectivity index (χ0) is 15.2. The summed E-state index contributed by atoms with van der Waals surface area (Å²) >= 11 is 3.42. The predicted molar refractivity (Wildman–Crippen MR) is 91.2 cm³/mol. The Bertz CT molecular complexity index is 632. The van der Waals surface area contributed by atoms with Crippen molar-refractivity contribution in [2.75, 3.05) is 0 Å². The van der Waals surface area contributed by atoms with E-state index in [2.05, 4.69) is 21.2 Å². The summed E-state index contributed by atoms with van der Waals surface area (Å²) in [4.78, 5) is 12.2. The van der Waals surface area contributed by atoms with E-state index in [-0.39, 0.29) is 11.8 Å². The lowest BCUT2D eigenvalue weighted by molar-refractivity contribution is 0.0957. The topological polar surface area (TPSA) is 29.1 Å². The fourth-order valence-electron chi connectivity index (χ4n) is 1.97. The van der Waals surface area contributed by atoms with E-state index in [1.165, 1.54) is 0 Å². The van der Waals surface area contributed by atoms with Gasteiger partial charge in [-0.2, -0.15) is 0 Å². The van der Waals surface area contributed by atoms with Crippen molar-refractivity contribution < 1.29 is 4.79 Å². The van der Waals surface area contributed by atoms with E-state index < -0.39 is 0 Å². The molecule has 108 valence electrons. The van der Waals surface area contributed by atoms with Gasteiger partial charge in [0, 0.05) is 16.2 Å². The Labute approximate surface area is 134 Å². The first-order valence-electron chi connectivity index (χ1n) is 6.86. The van der Waals surface area contributed by atoms with Gasteiger partial charge in [-0.05, 0) is 37.1 Å². The normalized spacial score (nSPS) is 12.8. The molecule has 0 saturated heterocycles. The van der Waals surface area contributed by atoms with Crippen molar-refractivity contribution in [2.24, 2.45) is 0 Å². The van der Waals surface area contributed by atoms with Crippen LogP contribution < -0.4 is 5.32 Å². The van der Waals surface area contributed by atoms with Crippen molar-refractivity contribution in [2.45, 2.75) is 19.9 Å². The van der Waals surface area contributed by atoms with Crippen LogP contribution in [0.2, 0.25) is 0 Å². The van der Waals surface area contributed by atoms with Gasteiger partial charge >= 0.3 is 0 Å². The van der Waals surface area contributed by atoms with Gasteiger partial charge in [0.15, 0.2) is 5.78 Å². The molecule has 0 aromatic heterocycles. The van der Waals surface area contributed by atoms with Crippen LogP contribution in [0.5, 0.6) is 0 Å². The Hall–Kier alpha value is -1.87. The maximum atomic E-state index is 12.2. The van der Waals surface area contributed by atoms with Gasteiger partial charge in [-0.1, -0.05) is 58.4 Å². The second-order valence-corrected chi connectivity index (χ2v) is 5.87. The maximum absolute atomic E-state index is 12.2. The summed E-state index contributed by atoms with van der Waals surface area (Å²) in [6.07, 6.45) is 1.90. The smallest absolute Gasteiger partial charge is 0.184 e. The van der Waals surface area contributed by atoms with E-state index in [4.69, 9.17) is 0 Å².